The minimum absolute atomic E-state index is 0.0934. The molecule has 1 aliphatic carbocycles. The van der Waals surface area contributed by atoms with Crippen molar-refractivity contribution >= 4 is 17.8 Å². The van der Waals surface area contributed by atoms with Gasteiger partial charge in [-0.1, -0.05) is 38.5 Å². The molecule has 0 spiro atoms. The van der Waals surface area contributed by atoms with E-state index in [4.69, 9.17) is 5.21 Å². The van der Waals surface area contributed by atoms with Crippen LogP contribution in [-0.2, 0) is 4.79 Å². The van der Waals surface area contributed by atoms with Crippen molar-refractivity contribution in [3.05, 3.63) is 30.0 Å². The first-order chi connectivity index (χ1) is 12.7. The SMILES string of the molecule is O=C(/C=C/c1ccc(N[C@]2(CC3CCCCCC3)CCNC2)nc1)NO. The summed E-state index contributed by atoms with van der Waals surface area (Å²) in [7, 11) is 0. The molecule has 1 aromatic heterocycles. The summed E-state index contributed by atoms with van der Waals surface area (Å²) in [6.07, 6.45) is 15.2. The molecule has 6 heteroatoms. The second kappa shape index (κ2) is 9.14. The van der Waals surface area contributed by atoms with Gasteiger partial charge in [-0.05, 0) is 49.1 Å². The minimum Gasteiger partial charge on any atom is -0.363 e. The van der Waals surface area contributed by atoms with Gasteiger partial charge in [0.2, 0.25) is 0 Å². The van der Waals surface area contributed by atoms with E-state index in [0.29, 0.717) is 0 Å². The number of hydrogen-bond donors (Lipinski definition) is 4. The summed E-state index contributed by atoms with van der Waals surface area (Å²) in [6, 6.07) is 3.89. The van der Waals surface area contributed by atoms with Crippen LogP contribution in [0.5, 0.6) is 0 Å². The molecular formula is C20H30N4O2. The van der Waals surface area contributed by atoms with Gasteiger partial charge in [0.05, 0.1) is 5.54 Å². The van der Waals surface area contributed by atoms with Crippen molar-refractivity contribution in [2.45, 2.75) is 56.9 Å². The van der Waals surface area contributed by atoms with E-state index >= 15 is 0 Å². The van der Waals surface area contributed by atoms with Gasteiger partial charge in [0, 0.05) is 18.8 Å². The maximum atomic E-state index is 11.1. The molecule has 1 aromatic rings. The molecule has 26 heavy (non-hydrogen) atoms. The number of anilines is 1. The van der Waals surface area contributed by atoms with Crippen LogP contribution >= 0.6 is 0 Å². The lowest BCUT2D eigenvalue weighted by molar-refractivity contribution is -0.124. The average molecular weight is 358 g/mol. The quantitative estimate of drug-likeness (QED) is 0.272. The number of carbonyl (C=O) groups is 1. The number of rotatable bonds is 6. The smallest absolute Gasteiger partial charge is 0.267 e. The number of pyridine rings is 1. The van der Waals surface area contributed by atoms with E-state index in [-0.39, 0.29) is 5.54 Å². The Morgan fingerprint density at radius 2 is 2.12 bits per heavy atom. The Morgan fingerprint density at radius 3 is 2.73 bits per heavy atom. The number of aromatic nitrogens is 1. The van der Waals surface area contributed by atoms with Gasteiger partial charge in [-0.25, -0.2) is 10.5 Å². The molecule has 1 atom stereocenters. The van der Waals surface area contributed by atoms with Crippen LogP contribution in [0.2, 0.25) is 0 Å². The molecule has 4 N–H and O–H groups in total. The lowest BCUT2D eigenvalue weighted by Crippen LogP contribution is -2.42. The summed E-state index contributed by atoms with van der Waals surface area (Å²) in [4.78, 5) is 15.6. The summed E-state index contributed by atoms with van der Waals surface area (Å²) in [5, 5.41) is 15.7. The molecule has 0 bridgehead atoms. The highest BCUT2D eigenvalue weighted by Crippen LogP contribution is 2.34. The van der Waals surface area contributed by atoms with Crippen molar-refractivity contribution in [2.24, 2.45) is 5.92 Å². The van der Waals surface area contributed by atoms with Crippen LogP contribution in [0.25, 0.3) is 6.08 Å². The highest BCUT2D eigenvalue weighted by Gasteiger charge is 2.36. The fraction of sp³-hybridized carbons (Fsp3) is 0.600. The normalized spacial score (nSPS) is 24.5. The third kappa shape index (κ3) is 5.29. The highest BCUT2D eigenvalue weighted by molar-refractivity contribution is 5.90. The van der Waals surface area contributed by atoms with E-state index < -0.39 is 5.91 Å². The Hall–Kier alpha value is -1.92. The molecule has 2 aliphatic rings. The van der Waals surface area contributed by atoms with Crippen LogP contribution in [-0.4, -0.2) is 34.7 Å². The zero-order valence-electron chi connectivity index (χ0n) is 15.3. The predicted octanol–water partition coefficient (Wildman–Crippen LogP) is 3.10. The van der Waals surface area contributed by atoms with E-state index in [1.807, 2.05) is 12.1 Å². The number of carbonyl (C=O) groups excluding carboxylic acids is 1. The molecular weight excluding hydrogens is 328 g/mol. The first-order valence-electron chi connectivity index (χ1n) is 9.76. The number of amides is 1. The van der Waals surface area contributed by atoms with Crippen molar-refractivity contribution in [1.82, 2.24) is 15.8 Å². The van der Waals surface area contributed by atoms with Crippen molar-refractivity contribution in [3.63, 3.8) is 0 Å². The minimum atomic E-state index is -0.549. The van der Waals surface area contributed by atoms with Gasteiger partial charge in [-0.2, -0.15) is 0 Å². The van der Waals surface area contributed by atoms with Crippen LogP contribution in [0.3, 0.4) is 0 Å². The molecule has 142 valence electrons. The maximum absolute atomic E-state index is 11.1. The Balaban J connectivity index is 1.64. The topological polar surface area (TPSA) is 86.3 Å². The molecule has 0 radical (unpaired) electrons. The zero-order chi connectivity index (χ0) is 18.2. The largest absolute Gasteiger partial charge is 0.363 e. The zero-order valence-corrected chi connectivity index (χ0v) is 15.3. The van der Waals surface area contributed by atoms with E-state index in [0.717, 1.165) is 36.8 Å². The lowest BCUT2D eigenvalue weighted by atomic mass is 9.83. The molecule has 3 rings (SSSR count). The molecule has 2 heterocycles. The van der Waals surface area contributed by atoms with Gasteiger partial charge >= 0.3 is 0 Å². The summed E-state index contributed by atoms with van der Waals surface area (Å²) < 4.78 is 0. The molecule has 1 saturated carbocycles. The van der Waals surface area contributed by atoms with Gasteiger partial charge < -0.3 is 10.6 Å². The molecule has 0 unspecified atom stereocenters. The number of hydrogen-bond acceptors (Lipinski definition) is 5. The summed E-state index contributed by atoms with van der Waals surface area (Å²) in [5.41, 5.74) is 2.49. The summed E-state index contributed by atoms with van der Waals surface area (Å²) >= 11 is 0. The van der Waals surface area contributed by atoms with Crippen LogP contribution in [0, 0.1) is 5.92 Å². The predicted molar refractivity (Wildman–Crippen MR) is 103 cm³/mol. The number of nitrogens with zero attached hydrogens (tertiary/aromatic N) is 1. The molecule has 1 aliphatic heterocycles. The average Bonchev–Trinajstić information content (AvgIpc) is 2.95. The van der Waals surface area contributed by atoms with E-state index in [1.165, 1.54) is 51.0 Å². The molecule has 0 aromatic carbocycles. The first kappa shape index (κ1) is 18.9. The van der Waals surface area contributed by atoms with E-state index in [9.17, 15) is 4.79 Å². The van der Waals surface area contributed by atoms with Gasteiger partial charge in [0.15, 0.2) is 0 Å². The monoisotopic (exact) mass is 358 g/mol. The van der Waals surface area contributed by atoms with Gasteiger partial charge in [0.25, 0.3) is 5.91 Å². The number of nitrogens with one attached hydrogen (secondary N) is 3. The maximum Gasteiger partial charge on any atom is 0.267 e. The van der Waals surface area contributed by atoms with Crippen LogP contribution in [0.15, 0.2) is 24.4 Å². The molecule has 1 amide bonds. The van der Waals surface area contributed by atoms with Crippen molar-refractivity contribution in [3.8, 4) is 0 Å². The summed E-state index contributed by atoms with van der Waals surface area (Å²) in [5.74, 6) is 1.14. The van der Waals surface area contributed by atoms with Crippen LogP contribution in [0.4, 0.5) is 5.82 Å². The fourth-order valence-corrected chi connectivity index (χ4v) is 4.25. The van der Waals surface area contributed by atoms with Crippen LogP contribution in [0.1, 0.15) is 56.9 Å². The standard InChI is InChI=1S/C20H30N4O2/c25-19(24-26)10-8-17-7-9-18(22-14-17)23-20(11-12-21-15-20)13-16-5-3-1-2-4-6-16/h7-10,14,16,21,26H,1-6,11-13,15H2,(H,22,23)(H,24,25)/b10-8+/t20-/m0/s1. The second-order valence-corrected chi connectivity index (χ2v) is 7.68. The Kier molecular flexibility index (Phi) is 6.63. The second-order valence-electron chi connectivity index (χ2n) is 7.68. The number of hydroxylamine groups is 1. The Morgan fingerprint density at radius 1 is 1.31 bits per heavy atom. The molecule has 6 nitrogen and oxygen atoms in total. The van der Waals surface area contributed by atoms with Gasteiger partial charge in [-0.3, -0.25) is 10.0 Å². The highest BCUT2D eigenvalue weighted by atomic mass is 16.5. The van der Waals surface area contributed by atoms with Gasteiger partial charge in [0.1, 0.15) is 5.82 Å². The third-order valence-corrected chi connectivity index (χ3v) is 5.61. The summed E-state index contributed by atoms with van der Waals surface area (Å²) in [6.45, 7) is 2.04. The van der Waals surface area contributed by atoms with E-state index in [1.54, 1.807) is 17.8 Å². The molecule has 2 fully saturated rings. The Bertz CT molecular complexity index is 601. The third-order valence-electron chi connectivity index (χ3n) is 5.61. The van der Waals surface area contributed by atoms with Crippen molar-refractivity contribution < 1.29 is 10.0 Å². The van der Waals surface area contributed by atoms with Gasteiger partial charge in [-0.15, -0.1) is 0 Å². The molecule has 1 saturated heterocycles. The van der Waals surface area contributed by atoms with Crippen molar-refractivity contribution in [1.29, 1.82) is 0 Å². The lowest BCUT2D eigenvalue weighted by Gasteiger charge is -2.34. The Labute approximate surface area is 155 Å². The van der Waals surface area contributed by atoms with E-state index in [2.05, 4.69) is 15.6 Å². The van der Waals surface area contributed by atoms with Crippen molar-refractivity contribution in [2.75, 3.05) is 18.4 Å². The first-order valence-corrected chi connectivity index (χ1v) is 9.76. The van der Waals surface area contributed by atoms with Crippen LogP contribution < -0.4 is 16.1 Å². The fourth-order valence-electron chi connectivity index (χ4n) is 4.25.